The highest BCUT2D eigenvalue weighted by Crippen LogP contribution is 2.28. The number of hydrogen-bond acceptors (Lipinski definition) is 5. The van der Waals surface area contributed by atoms with Crippen LogP contribution in [0.3, 0.4) is 0 Å². The van der Waals surface area contributed by atoms with E-state index in [1.807, 2.05) is 38.1 Å². The van der Waals surface area contributed by atoms with Gasteiger partial charge in [0.25, 0.3) is 5.91 Å². The molecule has 8 heteroatoms. The number of para-hydroxylation sites is 2. The van der Waals surface area contributed by atoms with Crippen molar-refractivity contribution in [2.24, 2.45) is 16.8 Å². The molecule has 27 heavy (non-hydrogen) atoms. The Hall–Kier alpha value is -3.16. The molecule has 1 fully saturated rings. The minimum absolute atomic E-state index is 0.0832. The number of likely N-dealkylation sites (tertiary alicyclic amines) is 1. The fourth-order valence-corrected chi connectivity index (χ4v) is 3.76. The van der Waals surface area contributed by atoms with Crippen molar-refractivity contribution < 1.29 is 9.59 Å². The lowest BCUT2D eigenvalue weighted by Gasteiger charge is -2.33. The first-order valence-electron chi connectivity index (χ1n) is 9.05. The Morgan fingerprint density at radius 2 is 1.96 bits per heavy atom. The molecule has 0 atom stereocenters. The number of carbonyl (C=O) groups is 2. The second-order valence-corrected chi connectivity index (χ2v) is 7.00. The zero-order valence-electron chi connectivity index (χ0n) is 15.4. The summed E-state index contributed by atoms with van der Waals surface area (Å²) in [5, 5.41) is 5.75. The zero-order chi connectivity index (χ0) is 19.1. The summed E-state index contributed by atoms with van der Waals surface area (Å²) < 4.78 is 0. The Morgan fingerprint density at radius 3 is 2.63 bits per heavy atom. The molecule has 0 radical (unpaired) electrons. The molecule has 2 aliphatic rings. The number of benzene rings is 1. The van der Waals surface area contributed by atoms with E-state index in [1.165, 1.54) is 5.01 Å². The van der Waals surface area contributed by atoms with Crippen molar-refractivity contribution in [3.63, 3.8) is 0 Å². The van der Waals surface area contributed by atoms with Gasteiger partial charge in [0, 0.05) is 24.7 Å². The van der Waals surface area contributed by atoms with Crippen LogP contribution < -0.4 is 10.7 Å². The molecule has 0 spiro atoms. The number of allylic oxidation sites excluding steroid dienone is 1. The van der Waals surface area contributed by atoms with Crippen LogP contribution in [0.2, 0.25) is 0 Å². The van der Waals surface area contributed by atoms with Crippen molar-refractivity contribution in [1.29, 1.82) is 0 Å². The number of imidazole rings is 1. The average Bonchev–Trinajstić information content (AvgIpc) is 3.21. The molecule has 0 aliphatic carbocycles. The lowest BCUT2D eigenvalue weighted by molar-refractivity contribution is -0.123. The second-order valence-electron chi connectivity index (χ2n) is 7.00. The summed E-state index contributed by atoms with van der Waals surface area (Å²) in [4.78, 5) is 34.2. The Morgan fingerprint density at radius 1 is 1.26 bits per heavy atom. The minimum atomic E-state index is -0.245. The first kappa shape index (κ1) is 17.3. The summed E-state index contributed by atoms with van der Waals surface area (Å²) in [5.41, 5.74) is 9.19. The van der Waals surface area contributed by atoms with Gasteiger partial charge in [-0.15, -0.1) is 0 Å². The van der Waals surface area contributed by atoms with Crippen molar-refractivity contribution in [3.8, 4) is 0 Å². The summed E-state index contributed by atoms with van der Waals surface area (Å²) in [6, 6.07) is 7.61. The molecule has 1 aromatic carbocycles. The molecule has 3 N–H and O–H groups in total. The van der Waals surface area contributed by atoms with Crippen LogP contribution in [0.15, 0.2) is 40.6 Å². The standard InChI is InChI=1S/C19H22N6O2/c1-11-16(12(2)24-9-7-13(8-10-24)17(20)26)18(27)25(23-11)19-21-14-5-3-4-6-15(14)22-19/h3-6,13H,7-10H2,1-2H3,(H2,20,26)(H,21,22). The lowest BCUT2D eigenvalue weighted by Crippen LogP contribution is -2.38. The van der Waals surface area contributed by atoms with Gasteiger partial charge in [-0.3, -0.25) is 9.59 Å². The van der Waals surface area contributed by atoms with Gasteiger partial charge in [-0.05, 0) is 38.8 Å². The van der Waals surface area contributed by atoms with E-state index in [-0.39, 0.29) is 17.7 Å². The van der Waals surface area contributed by atoms with Gasteiger partial charge in [-0.25, -0.2) is 4.98 Å². The number of anilines is 1. The summed E-state index contributed by atoms with van der Waals surface area (Å²) in [6.45, 7) is 5.16. The van der Waals surface area contributed by atoms with Gasteiger partial charge in [0.05, 0.1) is 22.3 Å². The fourth-order valence-electron chi connectivity index (χ4n) is 3.76. The number of hydrazone groups is 1. The first-order valence-corrected chi connectivity index (χ1v) is 9.05. The van der Waals surface area contributed by atoms with Gasteiger partial charge in [0.2, 0.25) is 11.9 Å². The number of carbonyl (C=O) groups excluding carboxylic acids is 2. The molecular formula is C19H22N6O2. The topological polar surface area (TPSA) is 108 Å². The van der Waals surface area contributed by atoms with Crippen LogP contribution in [0.1, 0.15) is 26.7 Å². The summed E-state index contributed by atoms with van der Waals surface area (Å²) >= 11 is 0. The van der Waals surface area contributed by atoms with Gasteiger partial charge in [-0.1, -0.05) is 12.1 Å². The molecule has 2 aromatic rings. The Balaban J connectivity index is 1.59. The fraction of sp³-hybridized carbons (Fsp3) is 0.368. The van der Waals surface area contributed by atoms with Crippen LogP contribution in [-0.4, -0.2) is 45.5 Å². The van der Waals surface area contributed by atoms with Gasteiger partial charge in [0.15, 0.2) is 0 Å². The Kier molecular flexibility index (Phi) is 4.18. The minimum Gasteiger partial charge on any atom is -0.374 e. The van der Waals surface area contributed by atoms with E-state index in [9.17, 15) is 9.59 Å². The van der Waals surface area contributed by atoms with E-state index in [0.717, 1.165) is 16.7 Å². The highest BCUT2D eigenvalue weighted by molar-refractivity contribution is 6.29. The van der Waals surface area contributed by atoms with Gasteiger partial charge in [0.1, 0.15) is 0 Å². The third kappa shape index (κ3) is 2.97. The molecule has 1 saturated heterocycles. The van der Waals surface area contributed by atoms with Crippen LogP contribution in [0.4, 0.5) is 5.95 Å². The van der Waals surface area contributed by atoms with E-state index in [2.05, 4.69) is 20.0 Å². The van der Waals surface area contributed by atoms with Gasteiger partial charge in [-0.2, -0.15) is 10.1 Å². The molecule has 2 amide bonds. The maximum atomic E-state index is 13.0. The quantitative estimate of drug-likeness (QED) is 0.807. The molecule has 4 rings (SSSR count). The highest BCUT2D eigenvalue weighted by Gasteiger charge is 2.34. The predicted molar refractivity (Wildman–Crippen MR) is 103 cm³/mol. The average molecular weight is 366 g/mol. The normalized spacial score (nSPS) is 20.4. The largest absolute Gasteiger partial charge is 0.374 e. The molecule has 1 aromatic heterocycles. The number of rotatable bonds is 3. The Bertz CT molecular complexity index is 948. The molecule has 0 saturated carbocycles. The van der Waals surface area contributed by atoms with Crippen molar-refractivity contribution in [3.05, 3.63) is 35.5 Å². The number of nitrogens with one attached hydrogen (secondary N) is 1. The number of amides is 2. The van der Waals surface area contributed by atoms with Crippen LogP contribution in [-0.2, 0) is 9.59 Å². The highest BCUT2D eigenvalue weighted by atomic mass is 16.2. The van der Waals surface area contributed by atoms with E-state index in [4.69, 9.17) is 5.73 Å². The van der Waals surface area contributed by atoms with E-state index < -0.39 is 0 Å². The number of fused-ring (bicyclic) bond motifs is 1. The summed E-state index contributed by atoms with van der Waals surface area (Å²) in [5.74, 6) is -0.109. The van der Waals surface area contributed by atoms with Crippen LogP contribution in [0, 0.1) is 5.92 Å². The smallest absolute Gasteiger partial charge is 0.285 e. The van der Waals surface area contributed by atoms with Gasteiger partial charge >= 0.3 is 0 Å². The van der Waals surface area contributed by atoms with E-state index >= 15 is 0 Å². The molecule has 0 unspecified atom stereocenters. The number of primary amides is 1. The third-order valence-electron chi connectivity index (χ3n) is 5.33. The number of aromatic amines is 1. The summed E-state index contributed by atoms with van der Waals surface area (Å²) in [6.07, 6.45) is 1.41. The zero-order valence-corrected chi connectivity index (χ0v) is 15.4. The van der Waals surface area contributed by atoms with E-state index in [0.29, 0.717) is 43.2 Å². The lowest BCUT2D eigenvalue weighted by atomic mass is 9.95. The molecular weight excluding hydrogens is 344 g/mol. The van der Waals surface area contributed by atoms with Crippen molar-refractivity contribution in [1.82, 2.24) is 14.9 Å². The maximum Gasteiger partial charge on any atom is 0.285 e. The second kappa shape index (κ2) is 6.53. The van der Waals surface area contributed by atoms with Crippen LogP contribution >= 0.6 is 0 Å². The SMILES string of the molecule is CC1=NN(c2nc3ccccc3[nH]2)C(=O)C1=C(C)N1CCC(C(N)=O)CC1. The number of nitrogens with zero attached hydrogens (tertiary/aromatic N) is 4. The monoisotopic (exact) mass is 366 g/mol. The molecule has 8 nitrogen and oxygen atoms in total. The van der Waals surface area contributed by atoms with Crippen LogP contribution in [0.25, 0.3) is 11.0 Å². The first-order chi connectivity index (χ1) is 13.0. The predicted octanol–water partition coefficient (Wildman–Crippen LogP) is 1.76. The maximum absolute atomic E-state index is 13.0. The molecule has 2 aliphatic heterocycles. The van der Waals surface area contributed by atoms with Crippen LogP contribution in [0.5, 0.6) is 0 Å². The molecule has 140 valence electrons. The van der Waals surface area contributed by atoms with Gasteiger partial charge < -0.3 is 15.6 Å². The van der Waals surface area contributed by atoms with Crippen molar-refractivity contribution in [2.45, 2.75) is 26.7 Å². The third-order valence-corrected chi connectivity index (χ3v) is 5.33. The molecule has 3 heterocycles. The number of aromatic nitrogens is 2. The van der Waals surface area contributed by atoms with E-state index in [1.54, 1.807) is 0 Å². The number of piperidine rings is 1. The number of H-pyrrole nitrogens is 1. The van der Waals surface area contributed by atoms with Crippen molar-refractivity contribution in [2.75, 3.05) is 18.1 Å². The Labute approximate surface area is 156 Å². The molecule has 0 bridgehead atoms. The number of hydrogen-bond donors (Lipinski definition) is 2. The summed E-state index contributed by atoms with van der Waals surface area (Å²) in [7, 11) is 0. The van der Waals surface area contributed by atoms with Crippen molar-refractivity contribution >= 4 is 34.5 Å². The number of nitrogens with two attached hydrogens (primary N) is 1.